The van der Waals surface area contributed by atoms with Crippen LogP contribution in [0.15, 0.2) is 53.9 Å². The van der Waals surface area contributed by atoms with Crippen molar-refractivity contribution >= 4 is 23.4 Å². The first kappa shape index (κ1) is 17.7. The lowest BCUT2D eigenvalue weighted by atomic mass is 10.2. The molecule has 0 saturated heterocycles. The number of nitrogens with zero attached hydrogens (tertiary/aromatic N) is 4. The summed E-state index contributed by atoms with van der Waals surface area (Å²) in [6, 6.07) is 12.0. The second-order valence-corrected chi connectivity index (χ2v) is 5.57. The maximum absolute atomic E-state index is 11.4. The van der Waals surface area contributed by atoms with E-state index >= 15 is 0 Å². The van der Waals surface area contributed by atoms with Crippen LogP contribution in [-0.2, 0) is 11.8 Å². The van der Waals surface area contributed by atoms with Crippen LogP contribution in [-0.4, -0.2) is 32.1 Å². The van der Waals surface area contributed by atoms with E-state index in [1.54, 1.807) is 5.01 Å². The molecule has 0 spiro atoms. The topological polar surface area (TPSA) is 39.8 Å². The first-order valence-electron chi connectivity index (χ1n) is 8.17. The van der Waals surface area contributed by atoms with E-state index in [1.807, 2.05) is 55.3 Å². The lowest BCUT2D eigenvalue weighted by Crippen LogP contribution is -2.26. The van der Waals surface area contributed by atoms with Crippen LogP contribution in [0.4, 0.5) is 11.4 Å². The van der Waals surface area contributed by atoms with E-state index in [0.29, 0.717) is 5.71 Å². The quantitative estimate of drug-likeness (QED) is 0.340. The summed E-state index contributed by atoms with van der Waals surface area (Å²) >= 11 is 0. The smallest absolute Gasteiger partial charge is 0.170 e. The van der Waals surface area contributed by atoms with E-state index < -0.39 is 0 Å². The van der Waals surface area contributed by atoms with Gasteiger partial charge >= 0.3 is 0 Å². The van der Waals surface area contributed by atoms with E-state index in [-0.39, 0.29) is 0 Å². The van der Waals surface area contributed by atoms with Gasteiger partial charge in [-0.1, -0.05) is 0 Å². The fourth-order valence-corrected chi connectivity index (χ4v) is 2.51. The van der Waals surface area contributed by atoms with Crippen LogP contribution in [0.1, 0.15) is 19.4 Å². The number of benzene rings is 1. The Morgan fingerprint density at radius 2 is 1.58 bits per heavy atom. The van der Waals surface area contributed by atoms with Crippen molar-refractivity contribution in [2.24, 2.45) is 12.1 Å². The minimum atomic E-state index is 0.408. The molecule has 0 radical (unpaired) electrons. The van der Waals surface area contributed by atoms with Gasteiger partial charge in [-0.3, -0.25) is 9.80 Å². The molecule has 1 aromatic heterocycles. The molecule has 0 fully saturated rings. The molecular weight excluding hydrogens is 300 g/mol. The molecule has 126 valence electrons. The molecule has 24 heavy (non-hydrogen) atoms. The van der Waals surface area contributed by atoms with Gasteiger partial charge in [-0.05, 0) is 38.1 Å². The summed E-state index contributed by atoms with van der Waals surface area (Å²) in [6.07, 6.45) is 4.58. The van der Waals surface area contributed by atoms with Crippen molar-refractivity contribution in [3.63, 3.8) is 0 Å². The predicted octanol–water partition coefficient (Wildman–Crippen LogP) is 2.40. The molecule has 2 rings (SSSR count). The monoisotopic (exact) mass is 325 g/mol. The standard InChI is InChI=1S/C19H25N4O/c1-5-23(6-2)18-9-7-17(8-10-18)22(4)20-19(15-24)16-11-13-21(3)14-12-16/h7-15H,5-6H2,1-4H3/q+1. The van der Waals surface area contributed by atoms with Crippen molar-refractivity contribution in [3.05, 3.63) is 54.4 Å². The molecule has 0 amide bonds. The SMILES string of the molecule is CCN(CC)c1ccc(N(C)/N=C(\C=O)c2cc[n+](C)cc2)cc1. The molecule has 0 aliphatic rings. The van der Waals surface area contributed by atoms with Crippen molar-refractivity contribution in [2.75, 3.05) is 30.0 Å². The molecule has 0 aliphatic carbocycles. The Kier molecular flexibility index (Phi) is 6.07. The number of aldehydes is 1. The third-order valence-electron chi connectivity index (χ3n) is 4.00. The van der Waals surface area contributed by atoms with Gasteiger partial charge in [0.2, 0.25) is 0 Å². The molecule has 1 heterocycles. The van der Waals surface area contributed by atoms with Gasteiger partial charge in [0.05, 0.1) is 5.69 Å². The van der Waals surface area contributed by atoms with Crippen LogP contribution < -0.4 is 14.5 Å². The zero-order chi connectivity index (χ0) is 17.5. The maximum Gasteiger partial charge on any atom is 0.170 e. The Labute approximate surface area is 143 Å². The highest BCUT2D eigenvalue weighted by Crippen LogP contribution is 2.20. The molecule has 5 nitrogen and oxygen atoms in total. The van der Waals surface area contributed by atoms with Gasteiger partial charge in [0.15, 0.2) is 18.7 Å². The van der Waals surface area contributed by atoms with Crippen LogP contribution in [0.25, 0.3) is 0 Å². The van der Waals surface area contributed by atoms with E-state index in [2.05, 4.69) is 36.0 Å². The van der Waals surface area contributed by atoms with Crippen LogP contribution in [0.5, 0.6) is 0 Å². The van der Waals surface area contributed by atoms with Gasteiger partial charge in [-0.2, -0.15) is 5.10 Å². The maximum atomic E-state index is 11.4. The van der Waals surface area contributed by atoms with Crippen molar-refractivity contribution in [1.29, 1.82) is 0 Å². The molecular formula is C19H25N4O+. The second-order valence-electron chi connectivity index (χ2n) is 5.57. The molecule has 5 heteroatoms. The van der Waals surface area contributed by atoms with Crippen LogP contribution in [0.3, 0.4) is 0 Å². The fraction of sp³-hybridized carbons (Fsp3) is 0.316. The zero-order valence-corrected chi connectivity index (χ0v) is 14.8. The average molecular weight is 325 g/mol. The number of aromatic nitrogens is 1. The number of carbonyl (C=O) groups excluding carboxylic acids is 1. The molecule has 2 aromatic rings. The normalized spacial score (nSPS) is 11.2. The summed E-state index contributed by atoms with van der Waals surface area (Å²) in [5.74, 6) is 0. The Balaban J connectivity index is 2.21. The Morgan fingerprint density at radius 3 is 2.08 bits per heavy atom. The number of aryl methyl sites for hydroxylation is 1. The molecule has 0 aliphatic heterocycles. The second kappa shape index (κ2) is 8.24. The number of rotatable bonds is 7. The molecule has 0 unspecified atom stereocenters. The predicted molar refractivity (Wildman–Crippen MR) is 98.6 cm³/mol. The summed E-state index contributed by atoms with van der Waals surface area (Å²) in [6.45, 7) is 6.24. The Bertz CT molecular complexity index is 688. The highest BCUT2D eigenvalue weighted by molar-refractivity contribution is 6.36. The lowest BCUT2D eigenvalue weighted by Gasteiger charge is -2.22. The summed E-state index contributed by atoms with van der Waals surface area (Å²) in [5, 5.41) is 6.16. The third kappa shape index (κ3) is 4.19. The number of hydrazone groups is 1. The highest BCUT2D eigenvalue weighted by Gasteiger charge is 2.08. The Morgan fingerprint density at radius 1 is 1.04 bits per heavy atom. The first-order chi connectivity index (χ1) is 11.6. The molecule has 0 N–H and O–H groups in total. The van der Waals surface area contributed by atoms with Crippen LogP contribution in [0.2, 0.25) is 0 Å². The van der Waals surface area contributed by atoms with Gasteiger partial charge in [0.25, 0.3) is 0 Å². The molecule has 0 bridgehead atoms. The summed E-state index contributed by atoms with van der Waals surface area (Å²) < 4.78 is 1.92. The fourth-order valence-electron chi connectivity index (χ4n) is 2.51. The number of hydrogen-bond acceptors (Lipinski definition) is 4. The highest BCUT2D eigenvalue weighted by atomic mass is 16.1. The third-order valence-corrected chi connectivity index (χ3v) is 4.00. The average Bonchev–Trinajstić information content (AvgIpc) is 2.62. The lowest BCUT2D eigenvalue weighted by molar-refractivity contribution is -0.671. The van der Waals surface area contributed by atoms with Gasteiger partial charge in [0.1, 0.15) is 12.8 Å². The van der Waals surface area contributed by atoms with E-state index in [1.165, 1.54) is 5.69 Å². The number of hydrogen-bond donors (Lipinski definition) is 0. The first-order valence-corrected chi connectivity index (χ1v) is 8.17. The van der Waals surface area contributed by atoms with Gasteiger partial charge in [-0.15, -0.1) is 0 Å². The number of pyridine rings is 1. The van der Waals surface area contributed by atoms with Crippen molar-refractivity contribution < 1.29 is 9.36 Å². The summed E-state index contributed by atoms with van der Waals surface area (Å²) in [7, 11) is 3.78. The molecule has 0 saturated carbocycles. The zero-order valence-electron chi connectivity index (χ0n) is 14.8. The van der Waals surface area contributed by atoms with Crippen molar-refractivity contribution in [3.8, 4) is 0 Å². The minimum Gasteiger partial charge on any atom is -0.372 e. The number of carbonyl (C=O) groups is 1. The summed E-state index contributed by atoms with van der Waals surface area (Å²) in [4.78, 5) is 13.7. The van der Waals surface area contributed by atoms with Gasteiger partial charge < -0.3 is 4.90 Å². The van der Waals surface area contributed by atoms with Gasteiger partial charge in [-0.25, -0.2) is 4.57 Å². The van der Waals surface area contributed by atoms with Crippen molar-refractivity contribution in [1.82, 2.24) is 0 Å². The Hall–Kier alpha value is -2.69. The molecule has 1 aromatic carbocycles. The number of anilines is 2. The van der Waals surface area contributed by atoms with E-state index in [4.69, 9.17) is 0 Å². The van der Waals surface area contributed by atoms with Crippen LogP contribution in [0, 0.1) is 0 Å². The van der Waals surface area contributed by atoms with E-state index in [0.717, 1.165) is 30.6 Å². The minimum absolute atomic E-state index is 0.408. The van der Waals surface area contributed by atoms with Crippen molar-refractivity contribution in [2.45, 2.75) is 13.8 Å². The summed E-state index contributed by atoms with van der Waals surface area (Å²) in [5.41, 5.74) is 3.33. The van der Waals surface area contributed by atoms with Crippen LogP contribution >= 0.6 is 0 Å². The van der Waals surface area contributed by atoms with Gasteiger partial charge in [0, 0.05) is 43.5 Å². The van der Waals surface area contributed by atoms with E-state index in [9.17, 15) is 4.79 Å². The largest absolute Gasteiger partial charge is 0.372 e. The molecule has 0 atom stereocenters.